The summed E-state index contributed by atoms with van der Waals surface area (Å²) in [5.74, 6) is -0.713. The van der Waals surface area contributed by atoms with Crippen molar-refractivity contribution in [2.45, 2.75) is 38.7 Å². The van der Waals surface area contributed by atoms with Crippen LogP contribution in [0.3, 0.4) is 0 Å². The molecular weight excluding hydrogens is 202 g/mol. The van der Waals surface area contributed by atoms with Gasteiger partial charge in [0.15, 0.2) is 5.78 Å². The molecule has 0 spiro atoms. The maximum Gasteiger partial charge on any atom is 0.304 e. The van der Waals surface area contributed by atoms with Crippen molar-refractivity contribution in [2.75, 3.05) is 0 Å². The molecule has 0 aromatic carbocycles. The molecule has 0 N–H and O–H groups in total. The van der Waals surface area contributed by atoms with Crippen molar-refractivity contribution in [3.8, 4) is 0 Å². The fourth-order valence-electron chi connectivity index (χ4n) is 1.27. The number of carbonyl (C=O) groups is 2. The summed E-state index contributed by atoms with van der Waals surface area (Å²) in [5, 5.41) is 3.36. The van der Waals surface area contributed by atoms with Crippen LogP contribution in [0.2, 0.25) is 0 Å². The molecule has 1 fully saturated rings. The third-order valence-corrected chi connectivity index (χ3v) is 2.00. The van der Waals surface area contributed by atoms with Crippen LogP contribution in [0.25, 0.3) is 10.4 Å². The number of nitrogens with zero attached hydrogens (tertiary/aromatic N) is 3. The lowest BCUT2D eigenvalue weighted by Crippen LogP contribution is -2.44. The van der Waals surface area contributed by atoms with E-state index in [1.165, 1.54) is 6.92 Å². The molecule has 0 aromatic rings. The van der Waals surface area contributed by atoms with Gasteiger partial charge in [-0.25, -0.2) is 0 Å². The highest BCUT2D eigenvalue weighted by Crippen LogP contribution is 2.20. The molecule has 0 saturated carbocycles. The van der Waals surface area contributed by atoms with Gasteiger partial charge in [0, 0.05) is 18.3 Å². The van der Waals surface area contributed by atoms with E-state index in [-0.39, 0.29) is 12.2 Å². The van der Waals surface area contributed by atoms with E-state index < -0.39 is 24.4 Å². The predicted molar refractivity (Wildman–Crippen MR) is 48.7 cm³/mol. The summed E-state index contributed by atoms with van der Waals surface area (Å²) in [5.41, 5.74) is 8.27. The summed E-state index contributed by atoms with van der Waals surface area (Å²) in [6.45, 7) is 2.78. The maximum atomic E-state index is 11.3. The Bertz CT molecular complexity index is 324. The van der Waals surface area contributed by atoms with E-state index >= 15 is 0 Å². The molecule has 3 atom stereocenters. The van der Waals surface area contributed by atoms with Gasteiger partial charge in [-0.3, -0.25) is 9.59 Å². The van der Waals surface area contributed by atoms with E-state index in [0.717, 1.165) is 0 Å². The fourth-order valence-corrected chi connectivity index (χ4v) is 1.27. The minimum absolute atomic E-state index is 0.0309. The van der Waals surface area contributed by atoms with Crippen molar-refractivity contribution in [1.29, 1.82) is 0 Å². The predicted octanol–water partition coefficient (Wildman–Crippen LogP) is 0.932. The number of ether oxygens (including phenoxy) is 2. The van der Waals surface area contributed by atoms with Gasteiger partial charge in [-0.1, -0.05) is 5.11 Å². The van der Waals surface area contributed by atoms with Crippen molar-refractivity contribution in [2.24, 2.45) is 5.11 Å². The Morgan fingerprint density at radius 3 is 2.93 bits per heavy atom. The Morgan fingerprint density at radius 1 is 1.73 bits per heavy atom. The summed E-state index contributed by atoms with van der Waals surface area (Å²) in [4.78, 5) is 24.6. The van der Waals surface area contributed by atoms with Crippen molar-refractivity contribution >= 4 is 11.8 Å². The molecule has 15 heavy (non-hydrogen) atoms. The number of hydrogen-bond acceptors (Lipinski definition) is 5. The summed E-state index contributed by atoms with van der Waals surface area (Å²) in [7, 11) is 0. The fraction of sp³-hybridized carbons (Fsp3) is 0.750. The van der Waals surface area contributed by atoms with Gasteiger partial charge in [0.25, 0.3) is 0 Å². The van der Waals surface area contributed by atoms with Crippen LogP contribution in [-0.4, -0.2) is 30.2 Å². The Labute approximate surface area is 86.0 Å². The minimum atomic E-state index is -0.967. The van der Waals surface area contributed by atoms with Crippen molar-refractivity contribution < 1.29 is 19.1 Å². The molecule has 1 aliphatic heterocycles. The second kappa shape index (κ2) is 4.77. The molecule has 7 heteroatoms. The van der Waals surface area contributed by atoms with Gasteiger partial charge in [-0.05, 0) is 12.5 Å². The standard InChI is InChI=1S/C8H11N3O4/c1-4-7(13)3-6(10-11-9)8(14-4)15-5(2)12/h4,6,8H,3H2,1-2H3/t4-,6+,8-/m1/s1. The highest BCUT2D eigenvalue weighted by molar-refractivity contribution is 5.84. The molecule has 1 aliphatic rings. The molecule has 0 radical (unpaired) electrons. The minimum Gasteiger partial charge on any atom is -0.435 e. The number of azide groups is 1. The van der Waals surface area contributed by atoms with E-state index in [0.29, 0.717) is 0 Å². The van der Waals surface area contributed by atoms with Crippen LogP contribution >= 0.6 is 0 Å². The normalized spacial score (nSPS) is 30.5. The molecule has 0 bridgehead atoms. The topological polar surface area (TPSA) is 101 Å². The molecule has 7 nitrogen and oxygen atoms in total. The van der Waals surface area contributed by atoms with Crippen LogP contribution in [0.4, 0.5) is 0 Å². The lowest BCUT2D eigenvalue weighted by Gasteiger charge is -2.30. The first kappa shape index (κ1) is 11.5. The van der Waals surface area contributed by atoms with E-state index in [2.05, 4.69) is 10.0 Å². The Hall–Kier alpha value is -1.59. The molecule has 1 heterocycles. The van der Waals surface area contributed by atoms with Crippen LogP contribution < -0.4 is 0 Å². The second-order valence-electron chi connectivity index (χ2n) is 3.20. The zero-order chi connectivity index (χ0) is 11.4. The molecule has 0 aromatic heterocycles. The summed E-state index contributed by atoms with van der Waals surface area (Å²) in [6, 6.07) is -0.775. The Balaban J connectivity index is 2.75. The van der Waals surface area contributed by atoms with Crippen molar-refractivity contribution in [1.82, 2.24) is 0 Å². The van der Waals surface area contributed by atoms with Gasteiger partial charge >= 0.3 is 5.97 Å². The van der Waals surface area contributed by atoms with Crippen LogP contribution in [0.5, 0.6) is 0 Å². The van der Waals surface area contributed by atoms with Gasteiger partial charge in [-0.15, -0.1) is 0 Å². The van der Waals surface area contributed by atoms with Crippen molar-refractivity contribution in [3.05, 3.63) is 10.4 Å². The molecule has 0 aliphatic carbocycles. The molecule has 0 unspecified atom stereocenters. The van der Waals surface area contributed by atoms with Crippen LogP contribution in [0.15, 0.2) is 5.11 Å². The van der Waals surface area contributed by atoms with Gasteiger partial charge < -0.3 is 9.47 Å². The Morgan fingerprint density at radius 2 is 2.40 bits per heavy atom. The summed E-state index contributed by atoms with van der Waals surface area (Å²) < 4.78 is 9.91. The number of rotatable bonds is 2. The van der Waals surface area contributed by atoms with Crippen molar-refractivity contribution in [3.63, 3.8) is 0 Å². The largest absolute Gasteiger partial charge is 0.435 e. The van der Waals surface area contributed by atoms with Gasteiger partial charge in [0.1, 0.15) is 12.1 Å². The van der Waals surface area contributed by atoms with Gasteiger partial charge in [0.2, 0.25) is 6.29 Å². The van der Waals surface area contributed by atoms with E-state index in [1.54, 1.807) is 6.92 Å². The first-order chi connectivity index (χ1) is 7.04. The molecule has 82 valence electrons. The monoisotopic (exact) mass is 213 g/mol. The third kappa shape index (κ3) is 2.93. The molecule has 1 saturated heterocycles. The zero-order valence-corrected chi connectivity index (χ0v) is 8.41. The number of esters is 1. The summed E-state index contributed by atoms with van der Waals surface area (Å²) in [6.07, 6.45) is -1.58. The molecule has 1 rings (SSSR count). The lowest BCUT2D eigenvalue weighted by atomic mass is 10.0. The maximum absolute atomic E-state index is 11.3. The number of carbonyl (C=O) groups excluding carboxylic acids is 2. The first-order valence-electron chi connectivity index (χ1n) is 4.44. The highest BCUT2D eigenvalue weighted by Gasteiger charge is 2.36. The average molecular weight is 213 g/mol. The second-order valence-corrected chi connectivity index (χ2v) is 3.20. The molecule has 0 amide bonds. The number of ketones is 1. The number of hydrogen-bond donors (Lipinski definition) is 0. The lowest BCUT2D eigenvalue weighted by molar-refractivity contribution is -0.203. The highest BCUT2D eigenvalue weighted by atomic mass is 16.7. The van der Waals surface area contributed by atoms with Gasteiger partial charge in [0.05, 0.1) is 0 Å². The van der Waals surface area contributed by atoms with Crippen LogP contribution in [-0.2, 0) is 19.1 Å². The molecular formula is C8H11N3O4. The third-order valence-electron chi connectivity index (χ3n) is 2.00. The van der Waals surface area contributed by atoms with E-state index in [4.69, 9.17) is 15.0 Å². The SMILES string of the molecule is CC(=O)O[C@H]1O[C@H](C)C(=O)C[C@@H]1N=[N+]=[N-]. The van der Waals surface area contributed by atoms with E-state index in [9.17, 15) is 9.59 Å². The van der Waals surface area contributed by atoms with Gasteiger partial charge in [-0.2, -0.15) is 0 Å². The quantitative estimate of drug-likeness (QED) is 0.294. The number of Topliss-reactive ketones (excluding diaryl/α,β-unsaturated/α-hetero) is 1. The smallest absolute Gasteiger partial charge is 0.304 e. The average Bonchev–Trinajstić information content (AvgIpc) is 2.13. The van der Waals surface area contributed by atoms with E-state index in [1.807, 2.05) is 0 Å². The zero-order valence-electron chi connectivity index (χ0n) is 8.41. The first-order valence-corrected chi connectivity index (χ1v) is 4.44. The Kier molecular flexibility index (Phi) is 3.65. The van der Waals surface area contributed by atoms with Crippen LogP contribution in [0, 0.1) is 0 Å². The summed E-state index contributed by atoms with van der Waals surface area (Å²) >= 11 is 0. The van der Waals surface area contributed by atoms with Crippen LogP contribution in [0.1, 0.15) is 20.3 Å².